The number of hydrogen-bond donors (Lipinski definition) is 1. The molecule has 4 rings (SSSR count). The lowest BCUT2D eigenvalue weighted by atomic mass is 10.1. The maximum absolute atomic E-state index is 13.0. The van der Waals surface area contributed by atoms with Crippen molar-refractivity contribution in [3.05, 3.63) is 71.4 Å². The molecule has 0 aliphatic heterocycles. The second kappa shape index (κ2) is 8.71. The number of rotatable bonds is 7. The number of aromatic nitrogens is 4. The molecule has 4 aromatic rings. The van der Waals surface area contributed by atoms with Crippen molar-refractivity contribution < 1.29 is 8.81 Å². The number of thioether (sulfide) groups is 1. The number of aryl methyl sites for hydroxylation is 1. The standard InChI is InChI=1S/C20H18FN5OS2/c1-12-3-7-15(8-4-12)18-24-23-17(27-18)13(2)28-20-26-25-19(29-20)22-11-14-5-9-16(21)10-6-14/h3-10,13H,11H2,1-2H3,(H,22,25). The van der Waals surface area contributed by atoms with Crippen molar-refractivity contribution >= 4 is 28.2 Å². The van der Waals surface area contributed by atoms with E-state index in [0.717, 1.165) is 15.5 Å². The van der Waals surface area contributed by atoms with Gasteiger partial charge < -0.3 is 9.73 Å². The molecule has 6 nitrogen and oxygen atoms in total. The van der Waals surface area contributed by atoms with Gasteiger partial charge in [-0.25, -0.2) is 4.39 Å². The number of nitrogens with zero attached hydrogens (tertiary/aromatic N) is 4. The lowest BCUT2D eigenvalue weighted by Gasteiger charge is -2.03. The summed E-state index contributed by atoms with van der Waals surface area (Å²) >= 11 is 2.96. The van der Waals surface area contributed by atoms with Gasteiger partial charge in [-0.05, 0) is 43.7 Å². The highest BCUT2D eigenvalue weighted by Gasteiger charge is 2.18. The Labute approximate surface area is 175 Å². The predicted octanol–water partition coefficient (Wildman–Crippen LogP) is 5.50. The third-order valence-electron chi connectivity index (χ3n) is 4.13. The van der Waals surface area contributed by atoms with Crippen LogP contribution in [-0.4, -0.2) is 20.4 Å². The highest BCUT2D eigenvalue weighted by Crippen LogP contribution is 2.37. The van der Waals surface area contributed by atoms with Crippen LogP contribution in [-0.2, 0) is 6.54 Å². The van der Waals surface area contributed by atoms with Gasteiger partial charge in [-0.15, -0.1) is 20.4 Å². The highest BCUT2D eigenvalue weighted by atomic mass is 32.2. The summed E-state index contributed by atoms with van der Waals surface area (Å²) in [6.07, 6.45) is 0. The lowest BCUT2D eigenvalue weighted by molar-refractivity contribution is 0.509. The third kappa shape index (κ3) is 4.99. The molecular weight excluding hydrogens is 409 g/mol. The molecule has 1 N–H and O–H groups in total. The highest BCUT2D eigenvalue weighted by molar-refractivity contribution is 8.01. The van der Waals surface area contributed by atoms with Gasteiger partial charge in [-0.1, -0.05) is 52.9 Å². The number of anilines is 1. The molecule has 0 aliphatic rings. The van der Waals surface area contributed by atoms with Crippen molar-refractivity contribution in [1.29, 1.82) is 0 Å². The van der Waals surface area contributed by atoms with Crippen molar-refractivity contribution in [2.75, 3.05) is 5.32 Å². The van der Waals surface area contributed by atoms with E-state index in [9.17, 15) is 4.39 Å². The minimum Gasteiger partial charge on any atom is -0.419 e. The average Bonchev–Trinajstić information content (AvgIpc) is 3.38. The van der Waals surface area contributed by atoms with E-state index in [1.165, 1.54) is 40.8 Å². The summed E-state index contributed by atoms with van der Waals surface area (Å²) in [7, 11) is 0. The Morgan fingerprint density at radius 3 is 2.55 bits per heavy atom. The molecule has 1 unspecified atom stereocenters. The van der Waals surface area contributed by atoms with E-state index in [-0.39, 0.29) is 11.1 Å². The molecule has 0 fully saturated rings. The second-order valence-corrected chi connectivity index (χ2v) is 8.99. The molecule has 0 spiro atoms. The largest absolute Gasteiger partial charge is 0.419 e. The topological polar surface area (TPSA) is 76.7 Å². The Balaban J connectivity index is 1.36. The van der Waals surface area contributed by atoms with Crippen LogP contribution in [0.25, 0.3) is 11.5 Å². The summed E-state index contributed by atoms with van der Waals surface area (Å²) in [5.41, 5.74) is 3.05. The van der Waals surface area contributed by atoms with E-state index in [1.54, 1.807) is 12.1 Å². The van der Waals surface area contributed by atoms with Crippen molar-refractivity contribution in [2.45, 2.75) is 30.0 Å². The molecule has 0 saturated carbocycles. The number of halogens is 1. The van der Waals surface area contributed by atoms with Gasteiger partial charge in [0, 0.05) is 12.1 Å². The molecule has 0 aliphatic carbocycles. The minimum atomic E-state index is -0.246. The zero-order valence-electron chi connectivity index (χ0n) is 15.8. The summed E-state index contributed by atoms with van der Waals surface area (Å²) < 4.78 is 19.6. The Hall–Kier alpha value is -2.78. The van der Waals surface area contributed by atoms with Crippen LogP contribution in [0.4, 0.5) is 9.52 Å². The molecule has 0 radical (unpaired) electrons. The first-order valence-corrected chi connectivity index (χ1v) is 10.7. The smallest absolute Gasteiger partial charge is 0.247 e. The monoisotopic (exact) mass is 427 g/mol. The van der Waals surface area contributed by atoms with E-state index in [0.29, 0.717) is 23.5 Å². The first-order valence-electron chi connectivity index (χ1n) is 8.96. The lowest BCUT2D eigenvalue weighted by Crippen LogP contribution is -1.98. The molecule has 29 heavy (non-hydrogen) atoms. The molecule has 0 bridgehead atoms. The van der Waals surface area contributed by atoms with Crippen LogP contribution in [0.15, 0.2) is 57.3 Å². The van der Waals surface area contributed by atoms with Crippen LogP contribution < -0.4 is 5.32 Å². The van der Waals surface area contributed by atoms with Crippen LogP contribution in [0.3, 0.4) is 0 Å². The maximum atomic E-state index is 13.0. The summed E-state index contributed by atoms with van der Waals surface area (Å²) in [4.78, 5) is 0. The first-order chi connectivity index (χ1) is 14.1. The number of hydrogen-bond acceptors (Lipinski definition) is 8. The molecule has 2 aromatic carbocycles. The Kier molecular flexibility index (Phi) is 5.86. The van der Waals surface area contributed by atoms with E-state index in [2.05, 4.69) is 25.7 Å². The number of nitrogens with one attached hydrogen (secondary N) is 1. The Bertz CT molecular complexity index is 1080. The third-order valence-corrected chi connectivity index (χ3v) is 6.18. The molecule has 0 saturated heterocycles. The molecule has 148 valence electrons. The Morgan fingerprint density at radius 2 is 1.79 bits per heavy atom. The van der Waals surface area contributed by atoms with Crippen molar-refractivity contribution in [1.82, 2.24) is 20.4 Å². The fourth-order valence-corrected chi connectivity index (χ4v) is 4.44. The van der Waals surface area contributed by atoms with Crippen molar-refractivity contribution in [3.8, 4) is 11.5 Å². The zero-order valence-corrected chi connectivity index (χ0v) is 17.4. The predicted molar refractivity (Wildman–Crippen MR) is 112 cm³/mol. The van der Waals surface area contributed by atoms with E-state index >= 15 is 0 Å². The fourth-order valence-electron chi connectivity index (χ4n) is 2.52. The van der Waals surface area contributed by atoms with Crippen LogP contribution in [0.2, 0.25) is 0 Å². The summed E-state index contributed by atoms with van der Waals surface area (Å²) in [5, 5.41) is 20.5. The quantitative estimate of drug-likeness (QED) is 0.390. The van der Waals surface area contributed by atoms with Gasteiger partial charge in [0.15, 0.2) is 4.34 Å². The fraction of sp³-hybridized carbons (Fsp3) is 0.200. The van der Waals surface area contributed by atoms with Crippen molar-refractivity contribution in [3.63, 3.8) is 0 Å². The van der Waals surface area contributed by atoms with Crippen LogP contribution >= 0.6 is 23.1 Å². The van der Waals surface area contributed by atoms with Gasteiger partial charge >= 0.3 is 0 Å². The summed E-state index contributed by atoms with van der Waals surface area (Å²) in [6.45, 7) is 4.58. The van der Waals surface area contributed by atoms with Crippen LogP contribution in [0.5, 0.6) is 0 Å². The second-order valence-electron chi connectivity index (χ2n) is 6.42. The van der Waals surface area contributed by atoms with E-state index in [4.69, 9.17) is 4.42 Å². The van der Waals surface area contributed by atoms with Gasteiger partial charge in [0.25, 0.3) is 0 Å². The van der Waals surface area contributed by atoms with Crippen molar-refractivity contribution in [2.24, 2.45) is 0 Å². The first kappa shape index (κ1) is 19.5. The average molecular weight is 428 g/mol. The molecule has 1 atom stereocenters. The molecule has 0 amide bonds. The minimum absolute atomic E-state index is 0.0559. The molecule has 9 heteroatoms. The maximum Gasteiger partial charge on any atom is 0.247 e. The van der Waals surface area contributed by atoms with Gasteiger partial charge in [-0.2, -0.15) is 0 Å². The van der Waals surface area contributed by atoms with Gasteiger partial charge in [0.1, 0.15) is 5.82 Å². The van der Waals surface area contributed by atoms with Gasteiger partial charge in [-0.3, -0.25) is 0 Å². The molecule has 2 heterocycles. The zero-order chi connectivity index (χ0) is 20.2. The van der Waals surface area contributed by atoms with Crippen LogP contribution in [0, 0.1) is 12.7 Å². The van der Waals surface area contributed by atoms with E-state index in [1.807, 2.05) is 38.1 Å². The van der Waals surface area contributed by atoms with Gasteiger partial charge in [0.2, 0.25) is 16.9 Å². The molecular formula is C20H18FN5OS2. The van der Waals surface area contributed by atoms with E-state index < -0.39 is 0 Å². The summed E-state index contributed by atoms with van der Waals surface area (Å²) in [5.74, 6) is 0.803. The normalized spacial score (nSPS) is 12.1. The number of benzene rings is 2. The van der Waals surface area contributed by atoms with Crippen LogP contribution in [0.1, 0.15) is 29.2 Å². The SMILES string of the molecule is Cc1ccc(-c2nnc(C(C)Sc3nnc(NCc4ccc(F)cc4)s3)o2)cc1. The molecule has 2 aromatic heterocycles. The van der Waals surface area contributed by atoms with Gasteiger partial charge in [0.05, 0.1) is 5.25 Å². The summed E-state index contributed by atoms with van der Waals surface area (Å²) in [6, 6.07) is 14.3. The Morgan fingerprint density at radius 1 is 1.03 bits per heavy atom.